The maximum atomic E-state index is 3.45. The Hall–Kier alpha value is 0.310. The average molecular weight is 203 g/mol. The van der Waals surface area contributed by atoms with Crippen LogP contribution in [-0.2, 0) is 0 Å². The van der Waals surface area contributed by atoms with Crippen LogP contribution in [0.3, 0.4) is 0 Å². The summed E-state index contributed by atoms with van der Waals surface area (Å²) in [6.45, 7) is 9.10. The van der Waals surface area contributed by atoms with Crippen LogP contribution < -0.4 is 5.32 Å². The highest BCUT2D eigenvalue weighted by molar-refractivity contribution is 7.99. The van der Waals surface area contributed by atoms with Gasteiger partial charge in [-0.1, -0.05) is 33.6 Å². The van der Waals surface area contributed by atoms with Crippen molar-refractivity contribution in [3.63, 3.8) is 0 Å². The standard InChI is InChI=1S/C11H25NS/c1-4-5-6-8-13-9-7-12-10-11(2)3/h11-12H,4-10H2,1-3H3. The first-order valence-electron chi connectivity index (χ1n) is 5.55. The van der Waals surface area contributed by atoms with Crippen molar-refractivity contribution >= 4 is 11.8 Å². The Labute approximate surface area is 88.1 Å². The lowest BCUT2D eigenvalue weighted by molar-refractivity contribution is 0.568. The molecule has 0 unspecified atom stereocenters. The number of rotatable bonds is 9. The van der Waals surface area contributed by atoms with Crippen molar-refractivity contribution < 1.29 is 0 Å². The van der Waals surface area contributed by atoms with E-state index in [0.717, 1.165) is 12.5 Å². The second kappa shape index (κ2) is 10.4. The number of nitrogens with one attached hydrogen (secondary N) is 1. The molecule has 0 bridgehead atoms. The fourth-order valence-corrected chi connectivity index (χ4v) is 1.99. The molecule has 0 saturated carbocycles. The Bertz CT molecular complexity index is 94.1. The largest absolute Gasteiger partial charge is 0.316 e. The third kappa shape index (κ3) is 12.3. The minimum Gasteiger partial charge on any atom is -0.316 e. The molecule has 0 aromatic carbocycles. The fraction of sp³-hybridized carbons (Fsp3) is 1.00. The summed E-state index contributed by atoms with van der Waals surface area (Å²) in [5.41, 5.74) is 0. The third-order valence-corrected chi connectivity index (χ3v) is 2.94. The molecule has 0 aromatic rings. The SMILES string of the molecule is CCCCCSCCNCC(C)C. The van der Waals surface area contributed by atoms with E-state index in [1.807, 2.05) is 0 Å². The zero-order chi connectivity index (χ0) is 9.94. The fourth-order valence-electron chi connectivity index (χ4n) is 1.09. The number of thioether (sulfide) groups is 1. The summed E-state index contributed by atoms with van der Waals surface area (Å²) in [5.74, 6) is 3.40. The summed E-state index contributed by atoms with van der Waals surface area (Å²) in [4.78, 5) is 0. The topological polar surface area (TPSA) is 12.0 Å². The van der Waals surface area contributed by atoms with Crippen LogP contribution in [0.2, 0.25) is 0 Å². The quantitative estimate of drug-likeness (QED) is 0.578. The Morgan fingerprint density at radius 2 is 1.92 bits per heavy atom. The molecule has 1 N–H and O–H groups in total. The smallest absolute Gasteiger partial charge is 0.00581 e. The zero-order valence-electron chi connectivity index (χ0n) is 9.44. The highest BCUT2D eigenvalue weighted by Gasteiger charge is 1.92. The molecule has 0 atom stereocenters. The van der Waals surface area contributed by atoms with Crippen LogP contribution in [0, 0.1) is 5.92 Å². The van der Waals surface area contributed by atoms with Gasteiger partial charge in [0.2, 0.25) is 0 Å². The van der Waals surface area contributed by atoms with Gasteiger partial charge in [-0.15, -0.1) is 0 Å². The van der Waals surface area contributed by atoms with E-state index in [1.54, 1.807) is 0 Å². The summed E-state index contributed by atoms with van der Waals surface area (Å²) in [6, 6.07) is 0. The van der Waals surface area contributed by atoms with Crippen LogP contribution in [-0.4, -0.2) is 24.6 Å². The van der Waals surface area contributed by atoms with Gasteiger partial charge in [0.15, 0.2) is 0 Å². The molecule has 0 amide bonds. The van der Waals surface area contributed by atoms with Crippen molar-refractivity contribution in [2.24, 2.45) is 5.92 Å². The molecule has 80 valence electrons. The van der Waals surface area contributed by atoms with Gasteiger partial charge in [-0.25, -0.2) is 0 Å². The van der Waals surface area contributed by atoms with Gasteiger partial charge in [0.05, 0.1) is 0 Å². The Balaban J connectivity index is 2.84. The summed E-state index contributed by atoms with van der Waals surface area (Å²) < 4.78 is 0. The summed E-state index contributed by atoms with van der Waals surface area (Å²) in [6.07, 6.45) is 4.13. The molecule has 0 radical (unpaired) electrons. The molecule has 0 saturated heterocycles. The number of unbranched alkanes of at least 4 members (excludes halogenated alkanes) is 2. The summed E-state index contributed by atoms with van der Waals surface area (Å²) in [5, 5.41) is 3.45. The van der Waals surface area contributed by atoms with E-state index in [4.69, 9.17) is 0 Å². The van der Waals surface area contributed by atoms with Gasteiger partial charge < -0.3 is 5.32 Å². The normalized spacial score (nSPS) is 11.1. The second-order valence-corrected chi connectivity index (χ2v) is 5.14. The van der Waals surface area contributed by atoms with Gasteiger partial charge in [-0.2, -0.15) is 11.8 Å². The van der Waals surface area contributed by atoms with E-state index in [0.29, 0.717) is 0 Å². The minimum atomic E-state index is 0.782. The molecule has 2 heteroatoms. The lowest BCUT2D eigenvalue weighted by atomic mass is 10.2. The minimum absolute atomic E-state index is 0.782. The van der Waals surface area contributed by atoms with Crippen molar-refractivity contribution in [1.29, 1.82) is 0 Å². The molecule has 13 heavy (non-hydrogen) atoms. The average Bonchev–Trinajstić information content (AvgIpc) is 2.09. The van der Waals surface area contributed by atoms with Gasteiger partial charge >= 0.3 is 0 Å². The first-order valence-corrected chi connectivity index (χ1v) is 6.71. The Morgan fingerprint density at radius 3 is 2.54 bits per heavy atom. The van der Waals surface area contributed by atoms with Crippen molar-refractivity contribution in [3.05, 3.63) is 0 Å². The van der Waals surface area contributed by atoms with E-state index in [2.05, 4.69) is 37.8 Å². The van der Waals surface area contributed by atoms with Crippen molar-refractivity contribution in [2.75, 3.05) is 24.6 Å². The Morgan fingerprint density at radius 1 is 1.15 bits per heavy atom. The number of hydrogen-bond donors (Lipinski definition) is 1. The molecule has 0 aromatic heterocycles. The first kappa shape index (κ1) is 13.3. The molecule has 1 nitrogen and oxygen atoms in total. The summed E-state index contributed by atoms with van der Waals surface area (Å²) >= 11 is 2.08. The maximum Gasteiger partial charge on any atom is 0.00581 e. The molecule has 0 aliphatic heterocycles. The predicted octanol–water partition coefficient (Wildman–Crippen LogP) is 3.16. The monoisotopic (exact) mass is 203 g/mol. The van der Waals surface area contributed by atoms with Gasteiger partial charge in [-0.05, 0) is 24.6 Å². The van der Waals surface area contributed by atoms with E-state index in [1.165, 1.54) is 37.3 Å². The molecule has 0 spiro atoms. The molecule has 0 heterocycles. The van der Waals surface area contributed by atoms with E-state index in [9.17, 15) is 0 Å². The molecular formula is C11H25NS. The van der Waals surface area contributed by atoms with Gasteiger partial charge in [0, 0.05) is 12.3 Å². The van der Waals surface area contributed by atoms with E-state index >= 15 is 0 Å². The van der Waals surface area contributed by atoms with Crippen LogP contribution in [0.1, 0.15) is 40.0 Å². The van der Waals surface area contributed by atoms with E-state index < -0.39 is 0 Å². The Kier molecular flexibility index (Phi) is 10.6. The van der Waals surface area contributed by atoms with Crippen LogP contribution in [0.25, 0.3) is 0 Å². The van der Waals surface area contributed by atoms with Crippen LogP contribution >= 0.6 is 11.8 Å². The zero-order valence-corrected chi connectivity index (χ0v) is 10.3. The van der Waals surface area contributed by atoms with Crippen molar-refractivity contribution in [3.8, 4) is 0 Å². The lowest BCUT2D eigenvalue weighted by Gasteiger charge is -2.06. The molecule has 0 aliphatic rings. The summed E-state index contributed by atoms with van der Waals surface area (Å²) in [7, 11) is 0. The number of hydrogen-bond acceptors (Lipinski definition) is 2. The van der Waals surface area contributed by atoms with E-state index in [-0.39, 0.29) is 0 Å². The van der Waals surface area contributed by atoms with Gasteiger partial charge in [-0.3, -0.25) is 0 Å². The molecule has 0 fully saturated rings. The van der Waals surface area contributed by atoms with Crippen LogP contribution in [0.15, 0.2) is 0 Å². The second-order valence-electron chi connectivity index (χ2n) is 3.92. The predicted molar refractivity (Wildman–Crippen MR) is 64.6 cm³/mol. The maximum absolute atomic E-state index is 3.45. The van der Waals surface area contributed by atoms with Gasteiger partial charge in [0.25, 0.3) is 0 Å². The highest BCUT2D eigenvalue weighted by atomic mass is 32.2. The van der Waals surface area contributed by atoms with Crippen LogP contribution in [0.4, 0.5) is 0 Å². The van der Waals surface area contributed by atoms with Gasteiger partial charge in [0.1, 0.15) is 0 Å². The lowest BCUT2D eigenvalue weighted by Crippen LogP contribution is -2.22. The first-order chi connectivity index (χ1) is 6.27. The molecular weight excluding hydrogens is 178 g/mol. The third-order valence-electron chi connectivity index (χ3n) is 1.87. The highest BCUT2D eigenvalue weighted by Crippen LogP contribution is 2.04. The molecule has 0 rings (SSSR count). The van der Waals surface area contributed by atoms with Crippen molar-refractivity contribution in [2.45, 2.75) is 40.0 Å². The van der Waals surface area contributed by atoms with Crippen LogP contribution in [0.5, 0.6) is 0 Å². The van der Waals surface area contributed by atoms with Crippen molar-refractivity contribution in [1.82, 2.24) is 5.32 Å². The molecule has 0 aliphatic carbocycles.